The van der Waals surface area contributed by atoms with Crippen LogP contribution in [0.15, 0.2) is 35.7 Å². The van der Waals surface area contributed by atoms with Crippen LogP contribution in [0.4, 0.5) is 13.2 Å². The van der Waals surface area contributed by atoms with Crippen LogP contribution in [0.5, 0.6) is 0 Å². The molecule has 0 spiro atoms. The number of thiophene rings is 1. The maximum absolute atomic E-state index is 12.4. The predicted molar refractivity (Wildman–Crippen MR) is 79.7 cm³/mol. The summed E-state index contributed by atoms with van der Waals surface area (Å²) in [5, 5.41) is 4.41. The first-order chi connectivity index (χ1) is 9.36. The maximum atomic E-state index is 12.4. The van der Waals surface area contributed by atoms with Crippen LogP contribution < -0.4 is 5.32 Å². The van der Waals surface area contributed by atoms with Crippen molar-refractivity contribution < 1.29 is 18.0 Å². The number of halogens is 4. The Hall–Kier alpha value is -1.09. The van der Waals surface area contributed by atoms with E-state index in [0.29, 0.717) is 11.1 Å². The van der Waals surface area contributed by atoms with Crippen LogP contribution in [-0.2, 0) is 12.7 Å². The van der Waals surface area contributed by atoms with Crippen LogP contribution in [0.3, 0.4) is 0 Å². The summed E-state index contributed by atoms with van der Waals surface area (Å²) in [6.07, 6.45) is -4.34. The van der Waals surface area contributed by atoms with E-state index in [0.717, 1.165) is 15.0 Å². The number of hydrogen-bond acceptors (Lipinski definition) is 2. The van der Waals surface area contributed by atoms with E-state index >= 15 is 0 Å². The standard InChI is InChI=1S/C13H9F3INOS/c14-13(15,16)10-3-1-8(2-4-10)6-18-12(19)9-5-11(17)20-7-9/h1-5,7H,6H2,(H,18,19). The molecule has 0 radical (unpaired) electrons. The van der Waals surface area contributed by atoms with E-state index in [1.54, 1.807) is 11.4 Å². The predicted octanol–water partition coefficient (Wildman–Crippen LogP) is 4.30. The van der Waals surface area contributed by atoms with E-state index in [4.69, 9.17) is 0 Å². The minimum Gasteiger partial charge on any atom is -0.348 e. The molecule has 0 aliphatic carbocycles. The first-order valence-corrected chi connectivity index (χ1v) is 7.50. The molecule has 106 valence electrons. The lowest BCUT2D eigenvalue weighted by Crippen LogP contribution is -2.22. The average Bonchev–Trinajstić information content (AvgIpc) is 2.82. The fourth-order valence-corrected chi connectivity index (χ4v) is 2.85. The van der Waals surface area contributed by atoms with Gasteiger partial charge in [-0.1, -0.05) is 12.1 Å². The van der Waals surface area contributed by atoms with Crippen molar-refractivity contribution in [3.8, 4) is 0 Å². The third-order valence-electron chi connectivity index (χ3n) is 2.56. The van der Waals surface area contributed by atoms with Crippen molar-refractivity contribution in [2.45, 2.75) is 12.7 Å². The van der Waals surface area contributed by atoms with Gasteiger partial charge in [0.2, 0.25) is 0 Å². The van der Waals surface area contributed by atoms with E-state index in [1.165, 1.54) is 23.5 Å². The highest BCUT2D eigenvalue weighted by Crippen LogP contribution is 2.29. The first-order valence-electron chi connectivity index (χ1n) is 5.54. The third kappa shape index (κ3) is 3.95. The van der Waals surface area contributed by atoms with Crippen LogP contribution in [0.2, 0.25) is 0 Å². The summed E-state index contributed by atoms with van der Waals surface area (Å²) in [7, 11) is 0. The highest BCUT2D eigenvalue weighted by Gasteiger charge is 2.29. The van der Waals surface area contributed by atoms with Crippen LogP contribution in [0.1, 0.15) is 21.5 Å². The molecule has 0 aliphatic rings. The number of nitrogens with one attached hydrogen (secondary N) is 1. The van der Waals surface area contributed by atoms with Crippen LogP contribution in [0.25, 0.3) is 0 Å². The molecule has 0 fully saturated rings. The van der Waals surface area contributed by atoms with Gasteiger partial charge < -0.3 is 5.32 Å². The molecule has 2 rings (SSSR count). The molecule has 0 unspecified atom stereocenters. The van der Waals surface area contributed by atoms with Crippen molar-refractivity contribution in [2.24, 2.45) is 0 Å². The Morgan fingerprint density at radius 3 is 2.40 bits per heavy atom. The SMILES string of the molecule is O=C(NCc1ccc(C(F)(F)F)cc1)c1csc(I)c1. The van der Waals surface area contributed by atoms with Gasteiger partial charge in [-0.15, -0.1) is 11.3 Å². The van der Waals surface area contributed by atoms with Crippen LogP contribution in [-0.4, -0.2) is 5.91 Å². The Bertz CT molecular complexity index is 607. The summed E-state index contributed by atoms with van der Waals surface area (Å²) in [5.74, 6) is -0.232. The van der Waals surface area contributed by atoms with E-state index < -0.39 is 11.7 Å². The van der Waals surface area contributed by atoms with E-state index in [2.05, 4.69) is 27.9 Å². The van der Waals surface area contributed by atoms with Crippen LogP contribution in [0, 0.1) is 2.88 Å². The molecule has 1 amide bonds. The molecule has 1 heterocycles. The van der Waals surface area contributed by atoms with Gasteiger partial charge >= 0.3 is 6.18 Å². The zero-order valence-corrected chi connectivity index (χ0v) is 13.0. The molecule has 7 heteroatoms. The van der Waals surface area contributed by atoms with Gasteiger partial charge in [0.25, 0.3) is 5.91 Å². The Labute approximate surface area is 131 Å². The summed E-state index contributed by atoms with van der Waals surface area (Å²) < 4.78 is 38.2. The van der Waals surface area contributed by atoms with Crippen molar-refractivity contribution in [2.75, 3.05) is 0 Å². The third-order valence-corrected chi connectivity index (χ3v) is 4.35. The Balaban J connectivity index is 1.96. The van der Waals surface area contributed by atoms with Gasteiger partial charge in [-0.05, 0) is 46.4 Å². The van der Waals surface area contributed by atoms with Crippen molar-refractivity contribution >= 4 is 39.8 Å². The summed E-state index contributed by atoms with van der Waals surface area (Å²) >= 11 is 3.58. The molecule has 0 atom stereocenters. The smallest absolute Gasteiger partial charge is 0.348 e. The topological polar surface area (TPSA) is 29.1 Å². The lowest BCUT2D eigenvalue weighted by Gasteiger charge is -2.08. The monoisotopic (exact) mass is 411 g/mol. The van der Waals surface area contributed by atoms with Gasteiger partial charge in [0, 0.05) is 11.9 Å². The summed E-state index contributed by atoms with van der Waals surface area (Å²) in [6, 6.07) is 6.50. The molecule has 1 N–H and O–H groups in total. The number of carbonyl (C=O) groups excluding carboxylic acids is 1. The Morgan fingerprint density at radius 2 is 1.90 bits per heavy atom. The summed E-state index contributed by atoms with van der Waals surface area (Å²) in [6.45, 7) is 0.198. The molecular weight excluding hydrogens is 402 g/mol. The Kier molecular flexibility index (Phi) is 4.69. The molecule has 1 aromatic carbocycles. The van der Waals surface area contributed by atoms with Gasteiger partial charge in [-0.2, -0.15) is 13.2 Å². The maximum Gasteiger partial charge on any atom is 0.416 e. The molecule has 0 bridgehead atoms. The normalized spacial score (nSPS) is 11.4. The zero-order valence-electron chi connectivity index (χ0n) is 10.00. The largest absolute Gasteiger partial charge is 0.416 e. The highest BCUT2D eigenvalue weighted by molar-refractivity contribution is 14.1. The second-order valence-corrected chi connectivity index (χ2v) is 6.82. The van der Waals surface area contributed by atoms with E-state index in [-0.39, 0.29) is 12.5 Å². The van der Waals surface area contributed by atoms with Crippen molar-refractivity contribution in [1.82, 2.24) is 5.32 Å². The van der Waals surface area contributed by atoms with Crippen molar-refractivity contribution in [1.29, 1.82) is 0 Å². The van der Waals surface area contributed by atoms with Crippen molar-refractivity contribution in [3.05, 3.63) is 55.3 Å². The second-order valence-electron chi connectivity index (χ2n) is 4.02. The number of benzene rings is 1. The summed E-state index contributed by atoms with van der Waals surface area (Å²) in [5.41, 5.74) is 0.488. The minimum absolute atomic E-state index is 0.198. The molecule has 20 heavy (non-hydrogen) atoms. The molecule has 0 saturated heterocycles. The van der Waals surface area contributed by atoms with Crippen molar-refractivity contribution in [3.63, 3.8) is 0 Å². The van der Waals surface area contributed by atoms with Gasteiger partial charge in [0.1, 0.15) is 0 Å². The minimum atomic E-state index is -4.34. The van der Waals surface area contributed by atoms with Gasteiger partial charge in [-0.3, -0.25) is 4.79 Å². The number of alkyl halides is 3. The number of rotatable bonds is 3. The Morgan fingerprint density at radius 1 is 1.25 bits per heavy atom. The quantitative estimate of drug-likeness (QED) is 0.750. The number of amides is 1. The highest BCUT2D eigenvalue weighted by atomic mass is 127. The molecule has 1 aromatic heterocycles. The lowest BCUT2D eigenvalue weighted by molar-refractivity contribution is -0.137. The molecule has 0 saturated carbocycles. The fourth-order valence-electron chi connectivity index (χ4n) is 1.53. The van der Waals surface area contributed by atoms with E-state index in [1.807, 2.05) is 0 Å². The van der Waals surface area contributed by atoms with Crippen LogP contribution >= 0.6 is 33.9 Å². The summed E-state index contributed by atoms with van der Waals surface area (Å²) in [4.78, 5) is 11.8. The van der Waals surface area contributed by atoms with E-state index in [9.17, 15) is 18.0 Å². The zero-order chi connectivity index (χ0) is 14.8. The number of hydrogen-bond donors (Lipinski definition) is 1. The van der Waals surface area contributed by atoms with Gasteiger partial charge in [0.05, 0.1) is 14.0 Å². The number of carbonyl (C=O) groups is 1. The van der Waals surface area contributed by atoms with Gasteiger partial charge in [0.15, 0.2) is 0 Å². The molecule has 2 nitrogen and oxygen atoms in total. The molecule has 2 aromatic rings. The first kappa shape index (κ1) is 15.3. The fraction of sp³-hybridized carbons (Fsp3) is 0.154. The van der Waals surface area contributed by atoms with Gasteiger partial charge in [-0.25, -0.2) is 0 Å². The average molecular weight is 411 g/mol. The molecular formula is C13H9F3INOS. The lowest BCUT2D eigenvalue weighted by atomic mass is 10.1. The second kappa shape index (κ2) is 6.13. The molecule has 0 aliphatic heterocycles.